The Kier molecular flexibility index (Phi) is 6.03. The molecule has 0 aliphatic heterocycles. The number of carbonyl (C=O) groups excluding carboxylic acids is 4. The molecule has 0 rings (SSSR count). The summed E-state index contributed by atoms with van der Waals surface area (Å²) in [6, 6.07) is 0. The summed E-state index contributed by atoms with van der Waals surface area (Å²) >= 11 is -1.65. The summed E-state index contributed by atoms with van der Waals surface area (Å²) < 4.78 is -1.32. The van der Waals surface area contributed by atoms with Crippen molar-refractivity contribution in [3.05, 3.63) is 0 Å². The second-order valence-corrected chi connectivity index (χ2v) is 7.13. The maximum absolute atomic E-state index is 11.2. The van der Waals surface area contributed by atoms with E-state index >= 15 is 0 Å². The zero-order valence-corrected chi connectivity index (χ0v) is 11.7. The van der Waals surface area contributed by atoms with Crippen molar-refractivity contribution >= 4 is 23.1 Å². The molecule has 0 fully saturated rings. The van der Waals surface area contributed by atoms with E-state index in [-0.39, 0.29) is 23.1 Å². The van der Waals surface area contributed by atoms with Crippen LogP contribution in [0.3, 0.4) is 0 Å². The van der Waals surface area contributed by atoms with Crippen LogP contribution in [0, 0.1) is 0 Å². The van der Waals surface area contributed by atoms with Crippen LogP contribution in [0.15, 0.2) is 0 Å². The summed E-state index contributed by atoms with van der Waals surface area (Å²) in [6.07, 6.45) is 0. The number of Topliss-reactive ketones (excluding diaryl/α,β-unsaturated/α-hetero) is 4. The summed E-state index contributed by atoms with van der Waals surface area (Å²) in [5.41, 5.74) is 0. The van der Waals surface area contributed by atoms with Crippen molar-refractivity contribution < 1.29 is 42.4 Å². The molecule has 0 unspecified atom stereocenters. The molecule has 0 spiro atoms. The van der Waals surface area contributed by atoms with Crippen LogP contribution in [-0.4, -0.2) is 23.1 Å². The maximum atomic E-state index is 11.2. The predicted octanol–water partition coefficient (Wildman–Crippen LogP) is 1.00. The minimum absolute atomic E-state index is 0.221. The number of hydrogen-bond acceptors (Lipinski definition) is 4. The number of ketones is 4. The monoisotopic (exact) mass is 288 g/mol. The molecule has 0 aromatic carbocycles. The first kappa shape index (κ1) is 14.6. The number of carbonyl (C=O) groups is 4. The topological polar surface area (TPSA) is 68.3 Å². The molecule has 0 aromatic rings. The Hall–Kier alpha value is -0.437. The van der Waals surface area contributed by atoms with E-state index in [0.717, 1.165) is 0 Å². The first-order valence-corrected chi connectivity index (χ1v) is 7.39. The Bertz CT molecular complexity index is 251. The van der Waals surface area contributed by atoms with Gasteiger partial charge in [-0.3, -0.25) is 0 Å². The fourth-order valence-corrected chi connectivity index (χ4v) is 4.34. The normalized spacial score (nSPS) is 10.3. The summed E-state index contributed by atoms with van der Waals surface area (Å²) in [4.78, 5) is 44.7. The molecule has 0 saturated carbocycles. The van der Waals surface area contributed by atoms with Crippen LogP contribution in [0.4, 0.5) is 0 Å². The summed E-state index contributed by atoms with van der Waals surface area (Å²) in [5, 5.41) is 0. The van der Waals surface area contributed by atoms with Gasteiger partial charge in [0, 0.05) is 0 Å². The molecule has 4 nitrogen and oxygen atoms in total. The first-order valence-electron chi connectivity index (χ1n) is 4.55. The van der Waals surface area contributed by atoms with E-state index in [1.54, 1.807) is 0 Å². The van der Waals surface area contributed by atoms with Crippen LogP contribution < -0.4 is 0 Å². The molecule has 82 valence electrons. The molecule has 0 N–H and O–H groups in total. The molecular weight excluding hydrogens is 275 g/mol. The van der Waals surface area contributed by atoms with Crippen molar-refractivity contribution in [1.29, 1.82) is 0 Å². The van der Waals surface area contributed by atoms with Gasteiger partial charge in [0.15, 0.2) is 0 Å². The van der Waals surface area contributed by atoms with Crippen molar-refractivity contribution in [3.63, 3.8) is 0 Å². The summed E-state index contributed by atoms with van der Waals surface area (Å²) in [6.45, 7) is 5.35. The Morgan fingerprint density at radius 3 is 1.00 bits per heavy atom. The number of rotatable bonds is 6. The van der Waals surface area contributed by atoms with E-state index in [9.17, 15) is 19.2 Å². The average molecular weight is 289 g/mol. The molecule has 0 saturated heterocycles. The minimum atomic E-state index is -1.65. The zero-order valence-electron chi connectivity index (χ0n) is 9.29. The van der Waals surface area contributed by atoms with Crippen LogP contribution in [0.2, 0.25) is 7.25 Å². The van der Waals surface area contributed by atoms with Gasteiger partial charge in [-0.05, 0) is 0 Å². The molecule has 0 aromatic heterocycles. The van der Waals surface area contributed by atoms with Gasteiger partial charge in [-0.2, -0.15) is 0 Å². The van der Waals surface area contributed by atoms with Crippen molar-refractivity contribution in [1.82, 2.24) is 0 Å². The van der Waals surface area contributed by atoms with Crippen molar-refractivity contribution in [2.24, 2.45) is 0 Å². The van der Waals surface area contributed by atoms with Crippen LogP contribution in [-0.2, 0) is 42.4 Å². The van der Waals surface area contributed by atoms with Gasteiger partial charge in [0.2, 0.25) is 0 Å². The van der Waals surface area contributed by atoms with Crippen LogP contribution in [0.1, 0.15) is 27.7 Å². The molecule has 5 heteroatoms. The van der Waals surface area contributed by atoms with Gasteiger partial charge in [0.25, 0.3) is 0 Å². The van der Waals surface area contributed by atoms with Gasteiger partial charge < -0.3 is 0 Å². The van der Waals surface area contributed by atoms with E-state index in [1.807, 2.05) is 0 Å². The van der Waals surface area contributed by atoms with Gasteiger partial charge in [-0.15, -0.1) is 0 Å². The average Bonchev–Trinajstić information content (AvgIpc) is 2.01. The second kappa shape index (κ2) is 6.21. The Labute approximate surface area is 100 Å². The summed E-state index contributed by atoms with van der Waals surface area (Å²) in [7, 11) is 0. The van der Waals surface area contributed by atoms with E-state index in [2.05, 4.69) is 0 Å². The number of hydrogen-bond donors (Lipinski definition) is 0. The van der Waals surface area contributed by atoms with Crippen molar-refractivity contribution in [2.75, 3.05) is 0 Å². The van der Waals surface area contributed by atoms with E-state index < -0.39 is 30.5 Å². The van der Waals surface area contributed by atoms with E-state index in [4.69, 9.17) is 0 Å². The van der Waals surface area contributed by atoms with Crippen LogP contribution >= 0.6 is 0 Å². The van der Waals surface area contributed by atoms with Gasteiger partial charge in [-0.1, -0.05) is 0 Å². The van der Waals surface area contributed by atoms with Crippen molar-refractivity contribution in [3.8, 4) is 0 Å². The third-order valence-electron chi connectivity index (χ3n) is 1.96. The SMILES string of the molecule is CC(=O)[CH]([Zr][CH](C(C)=O)C(C)=O)C(C)=O. The van der Waals surface area contributed by atoms with Crippen LogP contribution in [0.5, 0.6) is 0 Å². The van der Waals surface area contributed by atoms with Gasteiger partial charge in [0.05, 0.1) is 0 Å². The molecule has 15 heavy (non-hydrogen) atoms. The van der Waals surface area contributed by atoms with Gasteiger partial charge in [-0.25, -0.2) is 0 Å². The second-order valence-electron chi connectivity index (χ2n) is 3.48. The Balaban J connectivity index is 4.77. The standard InChI is InChI=1S/2C5H7O2.Zr/c2*1-4(6)3-5(2)7;/h2*3H,1-2H3;. The third-order valence-corrected chi connectivity index (χ3v) is 7.60. The third kappa shape index (κ3) is 4.74. The quantitative estimate of drug-likeness (QED) is 0.684. The van der Waals surface area contributed by atoms with Gasteiger partial charge >= 0.3 is 100 Å². The Morgan fingerprint density at radius 2 is 0.867 bits per heavy atom. The van der Waals surface area contributed by atoms with Gasteiger partial charge in [0.1, 0.15) is 0 Å². The Morgan fingerprint density at radius 1 is 0.667 bits per heavy atom. The molecule has 0 radical (unpaired) electrons. The summed E-state index contributed by atoms with van der Waals surface area (Å²) in [5.74, 6) is -0.883. The van der Waals surface area contributed by atoms with E-state index in [0.29, 0.717) is 0 Å². The molecular formula is C10H14O4Zr. The molecule has 0 bridgehead atoms. The van der Waals surface area contributed by atoms with Crippen molar-refractivity contribution in [2.45, 2.75) is 34.9 Å². The first-order chi connectivity index (χ1) is 6.77. The molecule has 0 aliphatic carbocycles. The molecule has 0 aliphatic rings. The molecule has 0 atom stereocenters. The van der Waals surface area contributed by atoms with Crippen LogP contribution in [0.25, 0.3) is 0 Å². The fraction of sp³-hybridized carbons (Fsp3) is 0.600. The molecule has 0 heterocycles. The van der Waals surface area contributed by atoms with E-state index in [1.165, 1.54) is 27.7 Å². The molecule has 0 amide bonds. The fourth-order valence-electron chi connectivity index (χ4n) is 1.21. The predicted molar refractivity (Wildman–Crippen MR) is 50.2 cm³/mol. The zero-order chi connectivity index (χ0) is 12.2.